The fourth-order valence-corrected chi connectivity index (χ4v) is 2.35. The second kappa shape index (κ2) is 5.79. The molecule has 2 aromatic rings. The molecule has 1 heterocycles. The summed E-state index contributed by atoms with van der Waals surface area (Å²) in [6.07, 6.45) is 0.741. The van der Waals surface area contributed by atoms with Crippen LogP contribution < -0.4 is 0 Å². The molecule has 0 aliphatic carbocycles. The van der Waals surface area contributed by atoms with E-state index in [1.807, 2.05) is 19.9 Å². The molecule has 1 aromatic carbocycles. The van der Waals surface area contributed by atoms with E-state index in [1.165, 1.54) is 5.56 Å². The molecule has 0 radical (unpaired) electrons. The topological polar surface area (TPSA) is 59.9 Å². The van der Waals surface area contributed by atoms with Crippen molar-refractivity contribution in [3.8, 4) is 6.07 Å². The minimum atomic E-state index is 0.0470. The van der Waals surface area contributed by atoms with Crippen LogP contribution in [0.1, 0.15) is 23.2 Å². The first-order chi connectivity index (χ1) is 9.52. The number of hydrogen-bond acceptors (Lipinski definition) is 2. The number of likely N-dealkylation sites (N-methyl/N-ethyl adjacent to an activating group) is 1. The summed E-state index contributed by atoms with van der Waals surface area (Å²) >= 11 is 0. The zero-order valence-corrected chi connectivity index (χ0v) is 12.2. The van der Waals surface area contributed by atoms with E-state index in [0.717, 1.165) is 22.2 Å². The van der Waals surface area contributed by atoms with E-state index in [2.05, 4.69) is 23.2 Å². The van der Waals surface area contributed by atoms with Gasteiger partial charge in [0.25, 0.3) is 0 Å². The lowest BCUT2D eigenvalue weighted by Gasteiger charge is -2.15. The maximum absolute atomic E-state index is 12.2. The molecule has 0 fully saturated rings. The summed E-state index contributed by atoms with van der Waals surface area (Å²) in [7, 11) is 1.75. The molecule has 0 atom stereocenters. The van der Waals surface area contributed by atoms with Crippen LogP contribution in [0.2, 0.25) is 0 Å². The lowest BCUT2D eigenvalue weighted by Crippen LogP contribution is -2.29. The summed E-state index contributed by atoms with van der Waals surface area (Å²) in [5.41, 5.74) is 4.34. The van der Waals surface area contributed by atoms with E-state index in [9.17, 15) is 4.79 Å². The number of hydrogen-bond donors (Lipinski definition) is 1. The van der Waals surface area contributed by atoms with E-state index < -0.39 is 0 Å². The highest BCUT2D eigenvalue weighted by Crippen LogP contribution is 2.24. The maximum atomic E-state index is 12.2. The van der Waals surface area contributed by atoms with Crippen LogP contribution in [0.4, 0.5) is 0 Å². The van der Waals surface area contributed by atoms with E-state index >= 15 is 0 Å². The van der Waals surface area contributed by atoms with E-state index in [-0.39, 0.29) is 5.91 Å². The molecule has 0 aliphatic heterocycles. The number of aromatic nitrogens is 1. The summed E-state index contributed by atoms with van der Waals surface area (Å²) in [5, 5.41) is 9.69. The van der Waals surface area contributed by atoms with E-state index in [4.69, 9.17) is 5.26 Å². The molecule has 104 valence electrons. The van der Waals surface area contributed by atoms with Crippen LogP contribution in [-0.4, -0.2) is 29.4 Å². The normalized spacial score (nSPS) is 10.5. The zero-order chi connectivity index (χ0) is 14.7. The van der Waals surface area contributed by atoms with Crippen molar-refractivity contribution in [2.24, 2.45) is 0 Å². The quantitative estimate of drug-likeness (QED) is 0.927. The molecular weight excluding hydrogens is 250 g/mol. The Morgan fingerprint density at radius 3 is 2.85 bits per heavy atom. The van der Waals surface area contributed by atoms with Gasteiger partial charge in [-0.15, -0.1) is 0 Å². The number of nitriles is 1. The molecule has 20 heavy (non-hydrogen) atoms. The van der Waals surface area contributed by atoms with Crippen molar-refractivity contribution in [3.63, 3.8) is 0 Å². The number of amides is 1. The van der Waals surface area contributed by atoms with Gasteiger partial charge in [-0.1, -0.05) is 11.6 Å². The van der Waals surface area contributed by atoms with Crippen molar-refractivity contribution >= 4 is 16.8 Å². The van der Waals surface area contributed by atoms with Crippen LogP contribution >= 0.6 is 0 Å². The average molecular weight is 269 g/mol. The molecule has 1 aromatic heterocycles. The molecule has 0 bridgehead atoms. The lowest BCUT2D eigenvalue weighted by atomic mass is 10.1. The van der Waals surface area contributed by atoms with Gasteiger partial charge < -0.3 is 9.88 Å². The largest absolute Gasteiger partial charge is 0.358 e. The second-order valence-corrected chi connectivity index (χ2v) is 5.18. The number of benzene rings is 1. The number of carbonyl (C=O) groups excluding carboxylic acids is 1. The van der Waals surface area contributed by atoms with Crippen molar-refractivity contribution < 1.29 is 4.79 Å². The molecule has 0 saturated heterocycles. The third-order valence-electron chi connectivity index (χ3n) is 3.59. The number of nitrogens with zero attached hydrogens (tertiary/aromatic N) is 2. The number of fused-ring (bicyclic) bond motifs is 1. The highest BCUT2D eigenvalue weighted by molar-refractivity contribution is 5.90. The highest BCUT2D eigenvalue weighted by Gasteiger charge is 2.15. The molecule has 4 heteroatoms. The van der Waals surface area contributed by atoms with Gasteiger partial charge in [0.05, 0.1) is 18.9 Å². The number of aromatic amines is 1. The van der Waals surface area contributed by atoms with Crippen LogP contribution in [0.3, 0.4) is 0 Å². The van der Waals surface area contributed by atoms with Crippen molar-refractivity contribution in [2.45, 2.75) is 26.7 Å². The minimum absolute atomic E-state index is 0.0470. The Labute approximate surface area is 119 Å². The smallest absolute Gasteiger partial charge is 0.226 e. The number of aryl methyl sites for hydroxylation is 2. The summed E-state index contributed by atoms with van der Waals surface area (Å²) in [6.45, 7) is 4.52. The summed E-state index contributed by atoms with van der Waals surface area (Å²) in [5.74, 6) is 0.0470. The number of H-pyrrole nitrogens is 1. The van der Waals surface area contributed by atoms with Gasteiger partial charge in [-0.3, -0.25) is 4.79 Å². The van der Waals surface area contributed by atoms with Gasteiger partial charge in [-0.25, -0.2) is 0 Å². The molecule has 4 nitrogen and oxygen atoms in total. The second-order valence-electron chi connectivity index (χ2n) is 5.18. The fraction of sp³-hybridized carbons (Fsp3) is 0.375. The Hall–Kier alpha value is -2.28. The number of carbonyl (C=O) groups is 1. The lowest BCUT2D eigenvalue weighted by molar-refractivity contribution is -0.129. The molecular formula is C16H19N3O. The van der Waals surface area contributed by atoms with Crippen LogP contribution in [0, 0.1) is 25.2 Å². The Morgan fingerprint density at radius 2 is 2.15 bits per heavy atom. The Kier molecular flexibility index (Phi) is 4.09. The van der Waals surface area contributed by atoms with Gasteiger partial charge in [0.1, 0.15) is 0 Å². The van der Waals surface area contributed by atoms with Gasteiger partial charge in [-0.2, -0.15) is 5.26 Å². The fourth-order valence-electron chi connectivity index (χ4n) is 2.35. The Bertz CT molecular complexity index is 679. The summed E-state index contributed by atoms with van der Waals surface area (Å²) in [4.78, 5) is 17.1. The minimum Gasteiger partial charge on any atom is -0.358 e. The number of nitrogens with one attached hydrogen (secondary N) is 1. The van der Waals surface area contributed by atoms with Gasteiger partial charge in [-0.05, 0) is 31.5 Å². The third kappa shape index (κ3) is 2.83. The van der Waals surface area contributed by atoms with Crippen LogP contribution in [0.15, 0.2) is 18.2 Å². The summed E-state index contributed by atoms with van der Waals surface area (Å²) in [6, 6.07) is 8.27. The first kappa shape index (κ1) is 14.1. The first-order valence-corrected chi connectivity index (χ1v) is 6.71. The van der Waals surface area contributed by atoms with Crippen molar-refractivity contribution in [3.05, 3.63) is 35.0 Å². The monoisotopic (exact) mass is 269 g/mol. The van der Waals surface area contributed by atoms with Gasteiger partial charge >= 0.3 is 0 Å². The van der Waals surface area contributed by atoms with Gasteiger partial charge in [0.15, 0.2) is 0 Å². The Balaban J connectivity index is 2.25. The van der Waals surface area contributed by atoms with Gasteiger partial charge in [0, 0.05) is 30.2 Å². The Morgan fingerprint density at radius 1 is 1.40 bits per heavy atom. The SMILES string of the molecule is Cc1ccc2[nH]c(C)c(CC(=O)N(C)CCC#N)c2c1. The van der Waals surface area contributed by atoms with E-state index in [1.54, 1.807) is 11.9 Å². The maximum Gasteiger partial charge on any atom is 0.226 e. The number of rotatable bonds is 4. The standard InChI is InChI=1S/C16H19N3O/c1-11-5-6-15-14(9-11)13(12(2)18-15)10-16(20)19(3)8-4-7-17/h5-6,9,18H,4,8,10H2,1-3H3. The third-order valence-corrected chi connectivity index (χ3v) is 3.59. The highest BCUT2D eigenvalue weighted by atomic mass is 16.2. The molecule has 0 saturated carbocycles. The average Bonchev–Trinajstić information content (AvgIpc) is 2.72. The molecule has 2 rings (SSSR count). The predicted molar refractivity (Wildman–Crippen MR) is 79.3 cm³/mol. The molecule has 1 amide bonds. The van der Waals surface area contributed by atoms with Crippen LogP contribution in [0.25, 0.3) is 10.9 Å². The van der Waals surface area contributed by atoms with Crippen LogP contribution in [-0.2, 0) is 11.2 Å². The van der Waals surface area contributed by atoms with Gasteiger partial charge in [0.2, 0.25) is 5.91 Å². The van der Waals surface area contributed by atoms with E-state index in [0.29, 0.717) is 19.4 Å². The molecule has 0 unspecified atom stereocenters. The molecule has 1 N–H and O–H groups in total. The summed E-state index contributed by atoms with van der Waals surface area (Å²) < 4.78 is 0. The zero-order valence-electron chi connectivity index (χ0n) is 12.2. The molecule has 0 spiro atoms. The molecule has 0 aliphatic rings. The van der Waals surface area contributed by atoms with Crippen molar-refractivity contribution in [1.29, 1.82) is 5.26 Å². The predicted octanol–water partition coefficient (Wildman–Crippen LogP) is 2.70. The first-order valence-electron chi connectivity index (χ1n) is 6.71. The van der Waals surface area contributed by atoms with Crippen molar-refractivity contribution in [2.75, 3.05) is 13.6 Å². The van der Waals surface area contributed by atoms with Crippen LogP contribution in [0.5, 0.6) is 0 Å². The van der Waals surface area contributed by atoms with Crippen molar-refractivity contribution in [1.82, 2.24) is 9.88 Å².